The molecule has 2 saturated heterocycles. The summed E-state index contributed by atoms with van der Waals surface area (Å²) in [6.45, 7) is 13.9. The van der Waals surface area contributed by atoms with Crippen molar-refractivity contribution in [3.63, 3.8) is 0 Å². The quantitative estimate of drug-likeness (QED) is 0.511. The fraction of sp³-hybridized carbons (Fsp3) is 0.909. The molecule has 4 N–H and O–H groups in total. The zero-order valence-corrected chi connectivity index (χ0v) is 20.4. The van der Waals surface area contributed by atoms with Crippen LogP contribution >= 0.6 is 0 Å². The van der Waals surface area contributed by atoms with Crippen molar-refractivity contribution in [2.75, 3.05) is 39.3 Å². The Bertz CT molecular complexity index is 531. The van der Waals surface area contributed by atoms with Crippen LogP contribution in [0.5, 0.6) is 0 Å². The first-order chi connectivity index (χ1) is 14.8. The van der Waals surface area contributed by atoms with Gasteiger partial charge in [-0.25, -0.2) is 18.4 Å². The average Bonchev–Trinajstić information content (AvgIpc) is 2.64. The molecule has 0 radical (unpaired) electrons. The molecule has 2 heterocycles. The first kappa shape index (κ1) is 28.4. The Morgan fingerprint density at radius 2 is 1.12 bits per heavy atom. The molecule has 2 fully saturated rings. The van der Waals surface area contributed by atoms with E-state index >= 15 is 0 Å². The number of carbonyl (C=O) groups excluding carboxylic acids is 2. The molecule has 0 spiro atoms. The number of piperidine rings is 2. The standard InChI is InChI=1S/2C11H21FN2O2/c2*1-11(2,3)16-10(15)14-6-8-4-5-13-7-9(8)12/h2*8-9,13H,4-7H2,1-3H3,(H,14,15)/t2*8-,9-/m10/s1. The Labute approximate surface area is 190 Å². The summed E-state index contributed by atoms with van der Waals surface area (Å²) in [5.74, 6) is -0.206. The lowest BCUT2D eigenvalue weighted by Crippen LogP contribution is -2.44. The molecule has 0 aromatic heterocycles. The van der Waals surface area contributed by atoms with Crippen LogP contribution in [0.3, 0.4) is 0 Å². The highest BCUT2D eigenvalue weighted by atomic mass is 19.1. The van der Waals surface area contributed by atoms with Gasteiger partial charge in [0.25, 0.3) is 0 Å². The Morgan fingerprint density at radius 1 is 0.781 bits per heavy atom. The molecule has 10 heteroatoms. The van der Waals surface area contributed by atoms with Gasteiger partial charge < -0.3 is 30.7 Å². The smallest absolute Gasteiger partial charge is 0.407 e. The van der Waals surface area contributed by atoms with Gasteiger partial charge >= 0.3 is 12.2 Å². The van der Waals surface area contributed by atoms with Crippen molar-refractivity contribution in [1.82, 2.24) is 21.3 Å². The third-order valence-corrected chi connectivity index (χ3v) is 4.90. The van der Waals surface area contributed by atoms with E-state index in [2.05, 4.69) is 21.3 Å². The van der Waals surface area contributed by atoms with Crippen molar-refractivity contribution in [2.24, 2.45) is 11.8 Å². The first-order valence-electron chi connectivity index (χ1n) is 11.4. The molecule has 32 heavy (non-hydrogen) atoms. The number of ether oxygens (including phenoxy) is 2. The SMILES string of the molecule is CC(C)(C)OC(=O)NC[C@@H]1CCNC[C@@H]1F.CC(C)(C)OC(=O)NC[C@H]1CCNC[C@H]1F. The van der Waals surface area contributed by atoms with Crippen LogP contribution in [0.15, 0.2) is 0 Å². The van der Waals surface area contributed by atoms with Crippen LogP contribution in [-0.4, -0.2) is 75.0 Å². The molecule has 2 rings (SSSR count). The minimum absolute atomic E-state index is 0.103. The Kier molecular flexibility index (Phi) is 11.6. The minimum atomic E-state index is -0.885. The summed E-state index contributed by atoms with van der Waals surface area (Å²) in [5, 5.41) is 11.2. The van der Waals surface area contributed by atoms with Gasteiger partial charge in [-0.1, -0.05) is 0 Å². The predicted molar refractivity (Wildman–Crippen MR) is 120 cm³/mol. The topological polar surface area (TPSA) is 101 Å². The summed E-state index contributed by atoms with van der Waals surface area (Å²) in [4.78, 5) is 22.7. The second kappa shape index (κ2) is 13.1. The maximum absolute atomic E-state index is 13.4. The number of carbonyl (C=O) groups is 2. The minimum Gasteiger partial charge on any atom is -0.444 e. The highest BCUT2D eigenvalue weighted by Crippen LogP contribution is 2.16. The van der Waals surface area contributed by atoms with Gasteiger partial charge in [-0.15, -0.1) is 0 Å². The van der Waals surface area contributed by atoms with E-state index in [0.29, 0.717) is 26.2 Å². The molecule has 0 bridgehead atoms. The molecular weight excluding hydrogens is 422 g/mol. The van der Waals surface area contributed by atoms with Crippen LogP contribution in [0.2, 0.25) is 0 Å². The van der Waals surface area contributed by atoms with Crippen molar-refractivity contribution < 1.29 is 27.8 Å². The van der Waals surface area contributed by atoms with Crippen molar-refractivity contribution in [3.8, 4) is 0 Å². The van der Waals surface area contributed by atoms with Gasteiger partial charge in [0.2, 0.25) is 0 Å². The molecule has 2 aliphatic rings. The molecule has 2 amide bonds. The van der Waals surface area contributed by atoms with E-state index in [-0.39, 0.29) is 11.8 Å². The lowest BCUT2D eigenvalue weighted by atomic mass is 9.96. The van der Waals surface area contributed by atoms with E-state index in [1.165, 1.54) is 0 Å². The zero-order valence-electron chi connectivity index (χ0n) is 20.4. The highest BCUT2D eigenvalue weighted by Gasteiger charge is 2.26. The number of halogens is 2. The van der Waals surface area contributed by atoms with Crippen LogP contribution in [-0.2, 0) is 9.47 Å². The van der Waals surface area contributed by atoms with Gasteiger partial charge in [-0.3, -0.25) is 0 Å². The number of amides is 2. The lowest BCUT2D eigenvalue weighted by molar-refractivity contribution is 0.0490. The molecular formula is C22H42F2N4O4. The predicted octanol–water partition coefficient (Wildman–Crippen LogP) is 2.92. The summed E-state index contributed by atoms with van der Waals surface area (Å²) in [7, 11) is 0. The van der Waals surface area contributed by atoms with Gasteiger partial charge in [0.1, 0.15) is 23.5 Å². The van der Waals surface area contributed by atoms with Crippen LogP contribution in [0.1, 0.15) is 54.4 Å². The molecule has 0 unspecified atom stereocenters. The molecule has 0 aliphatic carbocycles. The van der Waals surface area contributed by atoms with Crippen LogP contribution < -0.4 is 21.3 Å². The first-order valence-corrected chi connectivity index (χ1v) is 11.4. The second-order valence-electron chi connectivity index (χ2n) is 10.3. The van der Waals surface area contributed by atoms with E-state index in [4.69, 9.17) is 9.47 Å². The second-order valence-corrected chi connectivity index (χ2v) is 10.3. The van der Waals surface area contributed by atoms with Crippen LogP contribution in [0, 0.1) is 11.8 Å². The van der Waals surface area contributed by atoms with Crippen molar-refractivity contribution >= 4 is 12.2 Å². The van der Waals surface area contributed by atoms with Gasteiger partial charge in [0.05, 0.1) is 0 Å². The van der Waals surface area contributed by atoms with E-state index in [9.17, 15) is 18.4 Å². The molecule has 2 aliphatic heterocycles. The van der Waals surface area contributed by atoms with Gasteiger partial charge in [-0.2, -0.15) is 0 Å². The number of alkyl halides is 2. The van der Waals surface area contributed by atoms with Crippen LogP contribution in [0.4, 0.5) is 18.4 Å². The van der Waals surface area contributed by atoms with E-state index in [1.807, 2.05) is 0 Å². The summed E-state index contributed by atoms with van der Waals surface area (Å²) < 4.78 is 36.9. The fourth-order valence-corrected chi connectivity index (χ4v) is 3.27. The fourth-order valence-electron chi connectivity index (χ4n) is 3.27. The number of hydrogen-bond acceptors (Lipinski definition) is 6. The summed E-state index contributed by atoms with van der Waals surface area (Å²) in [6, 6.07) is 0. The van der Waals surface area contributed by atoms with Gasteiger partial charge in [-0.05, 0) is 67.5 Å². The Balaban J connectivity index is 0.000000320. The largest absolute Gasteiger partial charge is 0.444 e. The Morgan fingerprint density at radius 3 is 1.41 bits per heavy atom. The number of nitrogens with one attached hydrogen (secondary N) is 4. The lowest BCUT2D eigenvalue weighted by Gasteiger charge is -2.27. The van der Waals surface area contributed by atoms with E-state index < -0.39 is 35.7 Å². The third-order valence-electron chi connectivity index (χ3n) is 4.90. The molecule has 8 nitrogen and oxygen atoms in total. The van der Waals surface area contributed by atoms with Gasteiger partial charge in [0, 0.05) is 38.0 Å². The molecule has 0 saturated carbocycles. The van der Waals surface area contributed by atoms with Gasteiger partial charge in [0.15, 0.2) is 0 Å². The average molecular weight is 465 g/mol. The summed E-state index contributed by atoms with van der Waals surface area (Å²) in [6.07, 6.45) is -1.22. The van der Waals surface area contributed by atoms with E-state index in [1.54, 1.807) is 41.5 Å². The molecule has 0 aromatic rings. The monoisotopic (exact) mass is 464 g/mol. The molecule has 4 atom stereocenters. The summed E-state index contributed by atoms with van der Waals surface area (Å²) >= 11 is 0. The van der Waals surface area contributed by atoms with Crippen molar-refractivity contribution in [3.05, 3.63) is 0 Å². The highest BCUT2D eigenvalue weighted by molar-refractivity contribution is 5.68. The molecule has 0 aromatic carbocycles. The van der Waals surface area contributed by atoms with E-state index in [0.717, 1.165) is 25.9 Å². The maximum atomic E-state index is 13.4. The number of rotatable bonds is 4. The van der Waals surface area contributed by atoms with Crippen LogP contribution in [0.25, 0.3) is 0 Å². The summed E-state index contributed by atoms with van der Waals surface area (Å²) in [5.41, 5.74) is -1.01. The zero-order chi connectivity index (χ0) is 24.4. The van der Waals surface area contributed by atoms with Crippen molar-refractivity contribution in [2.45, 2.75) is 77.9 Å². The van der Waals surface area contributed by atoms with Crippen molar-refractivity contribution in [1.29, 1.82) is 0 Å². The number of alkyl carbamates (subject to hydrolysis) is 2. The molecule has 188 valence electrons. The maximum Gasteiger partial charge on any atom is 0.407 e. The normalized spacial score (nSPS) is 26.2. The Hall–Kier alpha value is -1.68. The third kappa shape index (κ3) is 13.0. The number of hydrogen-bond donors (Lipinski definition) is 4.